The SMILES string of the molecule is Cc1cc(Nc2nc(NC3CC4CC(CCC#N)CC(C3)N4)nc3cc(Br)ccc23)n[nH]1. The highest BCUT2D eigenvalue weighted by atomic mass is 79.9. The van der Waals surface area contributed by atoms with Gasteiger partial charge in [-0.2, -0.15) is 15.3 Å². The maximum Gasteiger partial charge on any atom is 0.225 e. The van der Waals surface area contributed by atoms with Crippen molar-refractivity contribution in [2.24, 2.45) is 5.92 Å². The standard InChI is InChI=1S/C23H27BrN8/c1-13-7-21(32-31-13)29-22-19-5-4-15(24)10-20(19)28-23(30-22)27-18-11-16-8-14(3-2-6-25)9-17(12-18)26-16/h4-5,7,10,14,16-18,26H,2-3,8-9,11-12H2,1H3,(H3,27,28,29,30,31,32). The highest BCUT2D eigenvalue weighted by molar-refractivity contribution is 9.10. The zero-order valence-electron chi connectivity index (χ0n) is 18.0. The lowest BCUT2D eigenvalue weighted by Gasteiger charge is -2.43. The number of benzene rings is 1. The van der Waals surface area contributed by atoms with E-state index in [0.717, 1.165) is 64.8 Å². The van der Waals surface area contributed by atoms with Gasteiger partial charge in [0.1, 0.15) is 5.82 Å². The summed E-state index contributed by atoms with van der Waals surface area (Å²) in [6, 6.07) is 11.6. The van der Waals surface area contributed by atoms with Gasteiger partial charge in [-0.3, -0.25) is 5.10 Å². The van der Waals surface area contributed by atoms with Crippen LogP contribution in [0.1, 0.15) is 44.2 Å². The van der Waals surface area contributed by atoms with Gasteiger partial charge >= 0.3 is 0 Å². The van der Waals surface area contributed by atoms with E-state index in [9.17, 15) is 0 Å². The highest BCUT2D eigenvalue weighted by Crippen LogP contribution is 2.34. The molecule has 4 heterocycles. The first-order valence-corrected chi connectivity index (χ1v) is 12.0. The van der Waals surface area contributed by atoms with E-state index < -0.39 is 0 Å². The Hall–Kier alpha value is -2.70. The fourth-order valence-electron chi connectivity index (χ4n) is 5.15. The monoisotopic (exact) mass is 494 g/mol. The number of nitriles is 1. The molecule has 3 aromatic rings. The molecule has 166 valence electrons. The van der Waals surface area contributed by atoms with Gasteiger partial charge in [-0.15, -0.1) is 0 Å². The van der Waals surface area contributed by atoms with Crippen molar-refractivity contribution in [1.29, 1.82) is 5.26 Å². The molecule has 2 fully saturated rings. The van der Waals surface area contributed by atoms with Crippen LogP contribution in [0, 0.1) is 24.2 Å². The van der Waals surface area contributed by atoms with Crippen LogP contribution in [0.3, 0.4) is 0 Å². The summed E-state index contributed by atoms with van der Waals surface area (Å²) in [6.07, 6.45) is 6.06. The van der Waals surface area contributed by atoms with Crippen LogP contribution in [-0.4, -0.2) is 38.3 Å². The number of hydrogen-bond acceptors (Lipinski definition) is 7. The minimum atomic E-state index is 0.327. The van der Waals surface area contributed by atoms with Crippen molar-refractivity contribution in [2.75, 3.05) is 10.6 Å². The summed E-state index contributed by atoms with van der Waals surface area (Å²) in [4.78, 5) is 9.63. The molecular formula is C23H27BrN8. The van der Waals surface area contributed by atoms with Crippen molar-refractivity contribution < 1.29 is 0 Å². The Kier molecular flexibility index (Phi) is 5.98. The molecule has 2 saturated heterocycles. The van der Waals surface area contributed by atoms with Crippen molar-refractivity contribution >= 4 is 44.4 Å². The summed E-state index contributed by atoms with van der Waals surface area (Å²) >= 11 is 3.56. The first-order chi connectivity index (χ1) is 15.6. The van der Waals surface area contributed by atoms with Crippen LogP contribution in [-0.2, 0) is 0 Å². The van der Waals surface area contributed by atoms with Crippen molar-refractivity contribution in [2.45, 2.75) is 63.6 Å². The summed E-state index contributed by atoms with van der Waals surface area (Å²) in [6.45, 7) is 1.97. The third-order valence-electron chi connectivity index (χ3n) is 6.45. The Morgan fingerprint density at radius 3 is 2.69 bits per heavy atom. The number of piperidine rings is 2. The van der Waals surface area contributed by atoms with E-state index in [0.29, 0.717) is 36.4 Å². The average molecular weight is 495 g/mol. The average Bonchev–Trinajstić information content (AvgIpc) is 3.16. The van der Waals surface area contributed by atoms with E-state index in [4.69, 9.17) is 15.2 Å². The minimum absolute atomic E-state index is 0.327. The lowest BCUT2D eigenvalue weighted by molar-refractivity contribution is 0.171. The van der Waals surface area contributed by atoms with Gasteiger partial charge in [0.05, 0.1) is 11.6 Å². The predicted octanol–water partition coefficient (Wildman–Crippen LogP) is 4.78. The number of fused-ring (bicyclic) bond motifs is 3. The molecule has 0 spiro atoms. The van der Waals surface area contributed by atoms with E-state index in [-0.39, 0.29) is 0 Å². The third kappa shape index (κ3) is 4.71. The molecule has 0 radical (unpaired) electrons. The largest absolute Gasteiger partial charge is 0.351 e. The molecule has 2 aliphatic heterocycles. The number of anilines is 3. The Balaban J connectivity index is 1.36. The molecule has 8 nitrogen and oxygen atoms in total. The molecule has 0 amide bonds. The van der Waals surface area contributed by atoms with Crippen LogP contribution in [0.5, 0.6) is 0 Å². The maximum atomic E-state index is 8.91. The van der Waals surface area contributed by atoms with Crippen molar-refractivity contribution in [3.63, 3.8) is 0 Å². The van der Waals surface area contributed by atoms with Crippen LogP contribution in [0.4, 0.5) is 17.6 Å². The van der Waals surface area contributed by atoms with E-state index in [1.54, 1.807) is 0 Å². The van der Waals surface area contributed by atoms with Gasteiger partial charge in [-0.25, -0.2) is 4.98 Å². The number of aryl methyl sites for hydroxylation is 1. The lowest BCUT2D eigenvalue weighted by Crippen LogP contribution is -2.54. The molecule has 0 aliphatic carbocycles. The smallest absolute Gasteiger partial charge is 0.225 e. The van der Waals surface area contributed by atoms with Crippen LogP contribution in [0.2, 0.25) is 0 Å². The van der Waals surface area contributed by atoms with Gasteiger partial charge < -0.3 is 16.0 Å². The molecule has 32 heavy (non-hydrogen) atoms. The molecule has 5 rings (SSSR count). The van der Waals surface area contributed by atoms with Crippen molar-refractivity contribution in [1.82, 2.24) is 25.5 Å². The number of nitrogens with zero attached hydrogens (tertiary/aromatic N) is 4. The zero-order valence-corrected chi connectivity index (χ0v) is 19.6. The second-order valence-corrected chi connectivity index (χ2v) is 9.94. The topological polar surface area (TPSA) is 114 Å². The molecule has 0 saturated carbocycles. The first kappa shape index (κ1) is 21.2. The Labute approximate surface area is 195 Å². The minimum Gasteiger partial charge on any atom is -0.351 e. The quantitative estimate of drug-likeness (QED) is 0.389. The maximum absolute atomic E-state index is 8.91. The van der Waals surface area contributed by atoms with Gasteiger partial charge in [0.2, 0.25) is 5.95 Å². The molecule has 1 aromatic carbocycles. The third-order valence-corrected chi connectivity index (χ3v) is 6.95. The molecule has 2 aliphatic rings. The zero-order chi connectivity index (χ0) is 22.1. The van der Waals surface area contributed by atoms with E-state index in [1.165, 1.54) is 0 Å². The first-order valence-electron chi connectivity index (χ1n) is 11.2. The molecule has 2 bridgehead atoms. The Morgan fingerprint density at radius 1 is 1.16 bits per heavy atom. The molecule has 9 heteroatoms. The predicted molar refractivity (Wildman–Crippen MR) is 129 cm³/mol. The number of aromatic nitrogens is 4. The summed E-state index contributed by atoms with van der Waals surface area (Å²) in [5.41, 5.74) is 1.86. The Bertz CT molecular complexity index is 1140. The summed E-state index contributed by atoms with van der Waals surface area (Å²) < 4.78 is 0.982. The molecule has 2 unspecified atom stereocenters. The van der Waals surface area contributed by atoms with Crippen LogP contribution < -0.4 is 16.0 Å². The molecule has 2 atom stereocenters. The fourth-order valence-corrected chi connectivity index (χ4v) is 5.50. The van der Waals surface area contributed by atoms with Gasteiger partial charge in [0, 0.05) is 46.2 Å². The highest BCUT2D eigenvalue weighted by Gasteiger charge is 2.35. The van der Waals surface area contributed by atoms with E-state index in [2.05, 4.69) is 48.1 Å². The second-order valence-electron chi connectivity index (χ2n) is 9.03. The van der Waals surface area contributed by atoms with Gasteiger partial charge in [-0.1, -0.05) is 15.9 Å². The van der Waals surface area contributed by atoms with Crippen LogP contribution in [0.25, 0.3) is 10.9 Å². The van der Waals surface area contributed by atoms with Gasteiger partial charge in [0.15, 0.2) is 5.82 Å². The summed E-state index contributed by atoms with van der Waals surface area (Å²) in [5.74, 6) is 2.77. The van der Waals surface area contributed by atoms with Crippen molar-refractivity contribution in [3.05, 3.63) is 34.4 Å². The number of halogens is 1. The number of aromatic amines is 1. The van der Waals surface area contributed by atoms with Crippen LogP contribution in [0.15, 0.2) is 28.7 Å². The van der Waals surface area contributed by atoms with Crippen LogP contribution >= 0.6 is 15.9 Å². The number of H-pyrrole nitrogens is 1. The number of rotatable bonds is 6. The van der Waals surface area contributed by atoms with Crippen molar-refractivity contribution in [3.8, 4) is 6.07 Å². The normalized spacial score (nSPS) is 24.8. The van der Waals surface area contributed by atoms with Gasteiger partial charge in [0.25, 0.3) is 0 Å². The van der Waals surface area contributed by atoms with E-state index >= 15 is 0 Å². The summed E-state index contributed by atoms with van der Waals surface area (Å²) in [5, 5.41) is 27.8. The Morgan fingerprint density at radius 2 is 1.97 bits per heavy atom. The molecule has 4 N–H and O–H groups in total. The summed E-state index contributed by atoms with van der Waals surface area (Å²) in [7, 11) is 0. The molecule has 2 aromatic heterocycles. The van der Waals surface area contributed by atoms with E-state index in [1.807, 2.05) is 31.2 Å². The van der Waals surface area contributed by atoms with Gasteiger partial charge in [-0.05, 0) is 63.1 Å². The lowest BCUT2D eigenvalue weighted by atomic mass is 9.77. The number of hydrogen-bond donors (Lipinski definition) is 4. The number of nitrogens with one attached hydrogen (secondary N) is 4. The molecular weight excluding hydrogens is 468 g/mol. The fraction of sp³-hybridized carbons (Fsp3) is 0.478. The second kappa shape index (κ2) is 9.04.